The summed E-state index contributed by atoms with van der Waals surface area (Å²) in [6, 6.07) is 19.2. The number of rotatable bonds is 8. The van der Waals surface area contributed by atoms with Crippen LogP contribution in [0.1, 0.15) is 25.0 Å². The number of nitrogens with one attached hydrogen (secondary N) is 1. The van der Waals surface area contributed by atoms with Crippen LogP contribution in [0, 0.1) is 5.82 Å². The summed E-state index contributed by atoms with van der Waals surface area (Å²) < 4.78 is 13.7. The predicted molar refractivity (Wildman–Crippen MR) is 108 cm³/mol. The maximum absolute atomic E-state index is 13.7. The molecule has 0 aliphatic rings. The van der Waals surface area contributed by atoms with Gasteiger partial charge in [0.1, 0.15) is 11.6 Å². The standard InChI is InChI=1S/C22H25FN4/c1-17(2)27(16-18-8-4-3-5-9-18)22-25-15-13-21(26-22)24-14-12-19-10-6-7-11-20(19)23/h3-11,13,15,17H,12,14,16H2,1-2H3,(H,24,25,26). The Morgan fingerprint density at radius 3 is 2.48 bits per heavy atom. The van der Waals surface area contributed by atoms with Crippen LogP contribution in [0.4, 0.5) is 16.2 Å². The lowest BCUT2D eigenvalue weighted by Crippen LogP contribution is -2.31. The molecule has 0 unspecified atom stereocenters. The molecule has 1 N–H and O–H groups in total. The van der Waals surface area contributed by atoms with Crippen molar-refractivity contribution in [3.63, 3.8) is 0 Å². The first kappa shape index (κ1) is 18.8. The molecule has 0 amide bonds. The molecule has 0 saturated heterocycles. The van der Waals surface area contributed by atoms with Crippen LogP contribution in [0.15, 0.2) is 66.9 Å². The van der Waals surface area contributed by atoms with Crippen LogP contribution in [-0.2, 0) is 13.0 Å². The Hall–Kier alpha value is -2.95. The van der Waals surface area contributed by atoms with Crippen LogP contribution in [-0.4, -0.2) is 22.6 Å². The van der Waals surface area contributed by atoms with Gasteiger partial charge in [0, 0.05) is 25.3 Å². The van der Waals surface area contributed by atoms with Gasteiger partial charge in [-0.15, -0.1) is 0 Å². The van der Waals surface area contributed by atoms with Gasteiger partial charge in [-0.25, -0.2) is 9.37 Å². The predicted octanol–water partition coefficient (Wildman–Crippen LogP) is 4.69. The van der Waals surface area contributed by atoms with E-state index < -0.39 is 0 Å². The molecule has 0 atom stereocenters. The first-order chi connectivity index (χ1) is 13.1. The van der Waals surface area contributed by atoms with E-state index in [1.165, 1.54) is 11.6 Å². The highest BCUT2D eigenvalue weighted by Gasteiger charge is 2.14. The van der Waals surface area contributed by atoms with Gasteiger partial charge in [0.25, 0.3) is 0 Å². The van der Waals surface area contributed by atoms with Crippen LogP contribution < -0.4 is 10.2 Å². The fourth-order valence-electron chi connectivity index (χ4n) is 2.88. The Balaban J connectivity index is 1.67. The first-order valence-electron chi connectivity index (χ1n) is 9.24. The molecule has 3 aromatic rings. The number of anilines is 2. The Bertz CT molecular complexity index is 852. The minimum atomic E-state index is -0.170. The molecule has 4 nitrogen and oxygen atoms in total. The molecule has 0 fully saturated rings. The van der Waals surface area contributed by atoms with Crippen LogP contribution in [0.3, 0.4) is 0 Å². The second-order valence-electron chi connectivity index (χ2n) is 6.72. The smallest absolute Gasteiger partial charge is 0.227 e. The summed E-state index contributed by atoms with van der Waals surface area (Å²) in [5.41, 5.74) is 1.92. The number of benzene rings is 2. The van der Waals surface area contributed by atoms with Crippen molar-refractivity contribution in [2.75, 3.05) is 16.8 Å². The first-order valence-corrected chi connectivity index (χ1v) is 9.24. The lowest BCUT2D eigenvalue weighted by Gasteiger charge is -2.27. The summed E-state index contributed by atoms with van der Waals surface area (Å²) in [5.74, 6) is 1.26. The maximum atomic E-state index is 13.7. The molecule has 0 bridgehead atoms. The van der Waals surface area contributed by atoms with E-state index in [-0.39, 0.29) is 11.9 Å². The van der Waals surface area contributed by atoms with Gasteiger partial charge in [-0.1, -0.05) is 48.5 Å². The molecule has 0 aliphatic carbocycles. The minimum absolute atomic E-state index is 0.170. The van der Waals surface area contributed by atoms with Crippen molar-refractivity contribution in [1.29, 1.82) is 0 Å². The average molecular weight is 364 g/mol. The topological polar surface area (TPSA) is 41.1 Å². The molecule has 1 heterocycles. The van der Waals surface area contributed by atoms with Crippen molar-refractivity contribution in [2.45, 2.75) is 32.9 Å². The van der Waals surface area contributed by atoms with E-state index in [2.05, 4.69) is 46.2 Å². The summed E-state index contributed by atoms with van der Waals surface area (Å²) >= 11 is 0. The Kier molecular flexibility index (Phi) is 6.36. The van der Waals surface area contributed by atoms with E-state index in [0.717, 1.165) is 12.4 Å². The van der Waals surface area contributed by atoms with Gasteiger partial charge in [-0.3, -0.25) is 0 Å². The van der Waals surface area contributed by atoms with Crippen LogP contribution in [0.25, 0.3) is 0 Å². The highest BCUT2D eigenvalue weighted by atomic mass is 19.1. The summed E-state index contributed by atoms with van der Waals surface area (Å²) in [5, 5.41) is 3.27. The number of aromatic nitrogens is 2. The molecule has 0 aliphatic heterocycles. The lowest BCUT2D eigenvalue weighted by atomic mass is 10.1. The van der Waals surface area contributed by atoms with Crippen molar-refractivity contribution in [2.24, 2.45) is 0 Å². The van der Waals surface area contributed by atoms with E-state index in [1.54, 1.807) is 12.3 Å². The van der Waals surface area contributed by atoms with E-state index in [0.29, 0.717) is 24.5 Å². The molecule has 0 radical (unpaired) electrons. The van der Waals surface area contributed by atoms with Gasteiger partial charge in [0.05, 0.1) is 0 Å². The molecule has 5 heteroatoms. The Morgan fingerprint density at radius 2 is 1.74 bits per heavy atom. The van der Waals surface area contributed by atoms with Crippen molar-refractivity contribution in [1.82, 2.24) is 9.97 Å². The number of nitrogens with zero attached hydrogens (tertiary/aromatic N) is 3. The van der Waals surface area contributed by atoms with Gasteiger partial charge < -0.3 is 10.2 Å². The van der Waals surface area contributed by atoms with E-state index in [1.807, 2.05) is 36.4 Å². The third-order valence-corrected chi connectivity index (χ3v) is 4.38. The van der Waals surface area contributed by atoms with Gasteiger partial charge in [0.2, 0.25) is 5.95 Å². The molecule has 1 aromatic heterocycles. The third kappa shape index (κ3) is 5.26. The zero-order chi connectivity index (χ0) is 19.1. The number of hydrogen-bond acceptors (Lipinski definition) is 4. The normalized spacial score (nSPS) is 10.8. The summed E-state index contributed by atoms with van der Waals surface area (Å²) in [7, 11) is 0. The SMILES string of the molecule is CC(C)N(Cc1ccccc1)c1nccc(NCCc2ccccc2F)n1. The Morgan fingerprint density at radius 1 is 1.00 bits per heavy atom. The summed E-state index contributed by atoms with van der Waals surface area (Å²) in [6.07, 6.45) is 2.36. The molecular weight excluding hydrogens is 339 g/mol. The monoisotopic (exact) mass is 364 g/mol. The molecule has 0 spiro atoms. The highest BCUT2D eigenvalue weighted by molar-refractivity contribution is 5.42. The van der Waals surface area contributed by atoms with Crippen molar-refractivity contribution in [3.05, 3.63) is 83.8 Å². The largest absolute Gasteiger partial charge is 0.370 e. The second kappa shape index (κ2) is 9.12. The zero-order valence-corrected chi connectivity index (χ0v) is 15.8. The fraction of sp³-hybridized carbons (Fsp3) is 0.273. The van der Waals surface area contributed by atoms with Gasteiger partial charge in [-0.2, -0.15) is 4.98 Å². The van der Waals surface area contributed by atoms with Crippen LogP contribution >= 0.6 is 0 Å². The summed E-state index contributed by atoms with van der Waals surface area (Å²) in [4.78, 5) is 11.3. The maximum Gasteiger partial charge on any atom is 0.227 e. The van der Waals surface area contributed by atoms with Crippen molar-refractivity contribution >= 4 is 11.8 Å². The summed E-state index contributed by atoms with van der Waals surface area (Å²) in [6.45, 7) is 5.62. The molecule has 3 rings (SSSR count). The van der Waals surface area contributed by atoms with E-state index >= 15 is 0 Å². The van der Waals surface area contributed by atoms with Crippen LogP contribution in [0.5, 0.6) is 0 Å². The quantitative estimate of drug-likeness (QED) is 0.630. The van der Waals surface area contributed by atoms with Gasteiger partial charge in [-0.05, 0) is 43.5 Å². The lowest BCUT2D eigenvalue weighted by molar-refractivity contribution is 0.610. The van der Waals surface area contributed by atoms with Crippen LogP contribution in [0.2, 0.25) is 0 Å². The number of hydrogen-bond donors (Lipinski definition) is 1. The Labute approximate surface area is 160 Å². The number of halogens is 1. The van der Waals surface area contributed by atoms with Crippen molar-refractivity contribution in [3.8, 4) is 0 Å². The average Bonchev–Trinajstić information content (AvgIpc) is 2.68. The van der Waals surface area contributed by atoms with Crippen molar-refractivity contribution < 1.29 is 4.39 Å². The third-order valence-electron chi connectivity index (χ3n) is 4.38. The van der Waals surface area contributed by atoms with E-state index in [9.17, 15) is 4.39 Å². The van der Waals surface area contributed by atoms with Gasteiger partial charge in [0.15, 0.2) is 0 Å². The molecule has 27 heavy (non-hydrogen) atoms. The molecule has 2 aromatic carbocycles. The van der Waals surface area contributed by atoms with Gasteiger partial charge >= 0.3 is 0 Å². The highest BCUT2D eigenvalue weighted by Crippen LogP contribution is 2.17. The zero-order valence-electron chi connectivity index (χ0n) is 15.8. The van der Waals surface area contributed by atoms with E-state index in [4.69, 9.17) is 0 Å². The fourth-order valence-corrected chi connectivity index (χ4v) is 2.88. The second-order valence-corrected chi connectivity index (χ2v) is 6.72. The minimum Gasteiger partial charge on any atom is -0.370 e. The molecule has 140 valence electrons. The molecular formula is C22H25FN4. The molecule has 0 saturated carbocycles.